The maximum atomic E-state index is 14.0. The molecule has 6 rings (SSSR count). The lowest BCUT2D eigenvalue weighted by Gasteiger charge is -2.36. The maximum Gasteiger partial charge on any atom is 0.162 e. The second-order valence-electron chi connectivity index (χ2n) is 10.2. The quantitative estimate of drug-likeness (QED) is 0.292. The van der Waals surface area contributed by atoms with Crippen LogP contribution in [0.3, 0.4) is 0 Å². The highest BCUT2D eigenvalue weighted by molar-refractivity contribution is 6.30. The number of nitrogens with zero attached hydrogens (tertiary/aromatic N) is 2. The van der Waals surface area contributed by atoms with Gasteiger partial charge in [0, 0.05) is 34.2 Å². The third kappa shape index (κ3) is 4.39. The van der Waals surface area contributed by atoms with Crippen molar-refractivity contribution in [1.82, 2.24) is 9.78 Å². The summed E-state index contributed by atoms with van der Waals surface area (Å²) in [4.78, 5) is 14.0. The van der Waals surface area contributed by atoms with Crippen LogP contribution < -0.4 is 14.8 Å². The van der Waals surface area contributed by atoms with Crippen LogP contribution in [0.1, 0.15) is 52.6 Å². The SMILES string of the molecule is COc1ccc(C2CC(=O)C3=C(C2)Nc2c(c(C)nn2-c2ccc(C)cc2)C3c2ccc(Cl)cc2)cc1OC. The van der Waals surface area contributed by atoms with Gasteiger partial charge >= 0.3 is 0 Å². The van der Waals surface area contributed by atoms with Crippen LogP contribution in [0.25, 0.3) is 5.69 Å². The fourth-order valence-corrected chi connectivity index (χ4v) is 6.01. The van der Waals surface area contributed by atoms with Crippen molar-refractivity contribution < 1.29 is 14.3 Å². The number of nitrogens with one attached hydrogen (secondary N) is 1. The van der Waals surface area contributed by atoms with Gasteiger partial charge in [0.25, 0.3) is 0 Å². The zero-order valence-electron chi connectivity index (χ0n) is 22.4. The molecule has 2 unspecified atom stereocenters. The molecule has 3 aromatic carbocycles. The van der Waals surface area contributed by atoms with Crippen molar-refractivity contribution in [2.24, 2.45) is 0 Å². The van der Waals surface area contributed by atoms with E-state index in [1.54, 1.807) is 14.2 Å². The van der Waals surface area contributed by atoms with E-state index in [-0.39, 0.29) is 17.6 Å². The van der Waals surface area contributed by atoms with Gasteiger partial charge in [-0.2, -0.15) is 5.10 Å². The van der Waals surface area contributed by atoms with Gasteiger partial charge in [0.15, 0.2) is 17.3 Å². The Morgan fingerprint density at radius 3 is 2.28 bits per heavy atom. The topological polar surface area (TPSA) is 65.4 Å². The first kappa shape index (κ1) is 25.3. The fraction of sp³-hybridized carbons (Fsp3) is 0.250. The third-order valence-electron chi connectivity index (χ3n) is 7.82. The zero-order valence-corrected chi connectivity index (χ0v) is 23.2. The molecule has 2 heterocycles. The first-order valence-corrected chi connectivity index (χ1v) is 13.4. The van der Waals surface area contributed by atoms with Crippen molar-refractivity contribution in [2.45, 2.75) is 38.5 Å². The number of ether oxygens (including phenoxy) is 2. The molecule has 39 heavy (non-hydrogen) atoms. The number of anilines is 1. The van der Waals surface area contributed by atoms with E-state index in [4.69, 9.17) is 26.2 Å². The van der Waals surface area contributed by atoms with Gasteiger partial charge in [-0.1, -0.05) is 47.5 Å². The van der Waals surface area contributed by atoms with Gasteiger partial charge in [-0.25, -0.2) is 4.68 Å². The average Bonchev–Trinajstić information content (AvgIpc) is 3.28. The Bertz CT molecular complexity index is 1600. The fourth-order valence-electron chi connectivity index (χ4n) is 5.88. The number of fused-ring (bicyclic) bond motifs is 1. The van der Waals surface area contributed by atoms with Crippen molar-refractivity contribution in [3.63, 3.8) is 0 Å². The summed E-state index contributed by atoms with van der Waals surface area (Å²) in [6.07, 6.45) is 1.11. The summed E-state index contributed by atoms with van der Waals surface area (Å²) in [5.74, 6) is 2.14. The number of ketones is 1. The Labute approximate surface area is 233 Å². The summed E-state index contributed by atoms with van der Waals surface area (Å²) in [6.45, 7) is 4.08. The lowest BCUT2D eigenvalue weighted by molar-refractivity contribution is -0.116. The number of aryl methyl sites for hydroxylation is 2. The molecule has 1 aromatic heterocycles. The van der Waals surface area contributed by atoms with E-state index in [2.05, 4.69) is 36.5 Å². The van der Waals surface area contributed by atoms with Crippen LogP contribution in [-0.4, -0.2) is 29.8 Å². The minimum absolute atomic E-state index is 0.00724. The van der Waals surface area contributed by atoms with Crippen molar-refractivity contribution >= 4 is 23.2 Å². The molecule has 0 saturated carbocycles. The van der Waals surface area contributed by atoms with Crippen molar-refractivity contribution in [1.29, 1.82) is 0 Å². The lowest BCUT2D eigenvalue weighted by Crippen LogP contribution is -2.30. The molecule has 1 aliphatic heterocycles. The van der Waals surface area contributed by atoms with Crippen molar-refractivity contribution in [2.75, 3.05) is 19.5 Å². The number of hydrogen-bond donors (Lipinski definition) is 1. The highest BCUT2D eigenvalue weighted by Gasteiger charge is 2.41. The Hall–Kier alpha value is -4.03. The van der Waals surface area contributed by atoms with Crippen molar-refractivity contribution in [3.8, 4) is 17.2 Å². The highest BCUT2D eigenvalue weighted by atomic mass is 35.5. The molecular weight excluding hydrogens is 510 g/mol. The van der Waals surface area contributed by atoms with Gasteiger partial charge in [-0.05, 0) is 73.7 Å². The number of halogens is 1. The van der Waals surface area contributed by atoms with E-state index in [0.717, 1.165) is 45.2 Å². The molecule has 0 bridgehead atoms. The normalized spacial score (nSPS) is 18.3. The van der Waals surface area contributed by atoms with E-state index in [9.17, 15) is 4.79 Å². The van der Waals surface area contributed by atoms with E-state index in [1.165, 1.54) is 5.56 Å². The van der Waals surface area contributed by atoms with Crippen LogP contribution in [0.4, 0.5) is 5.82 Å². The molecule has 1 aliphatic carbocycles. The van der Waals surface area contributed by atoms with Gasteiger partial charge in [0.2, 0.25) is 0 Å². The largest absolute Gasteiger partial charge is 0.493 e. The van der Waals surface area contributed by atoms with Crippen LogP contribution in [0, 0.1) is 13.8 Å². The predicted molar refractivity (Wildman–Crippen MR) is 154 cm³/mol. The molecule has 198 valence electrons. The first-order valence-electron chi connectivity index (χ1n) is 13.0. The minimum atomic E-state index is -0.230. The van der Waals surface area contributed by atoms with Gasteiger partial charge in [0.1, 0.15) is 5.82 Å². The molecule has 2 atom stereocenters. The van der Waals surface area contributed by atoms with Crippen molar-refractivity contribution in [3.05, 3.63) is 111 Å². The highest BCUT2D eigenvalue weighted by Crippen LogP contribution is 2.50. The Morgan fingerprint density at radius 1 is 0.897 bits per heavy atom. The molecule has 0 radical (unpaired) electrons. The molecule has 4 aromatic rings. The van der Waals surface area contributed by atoms with E-state index in [0.29, 0.717) is 29.4 Å². The summed E-state index contributed by atoms with van der Waals surface area (Å²) < 4.78 is 12.9. The third-order valence-corrected chi connectivity index (χ3v) is 8.07. The second-order valence-corrected chi connectivity index (χ2v) is 10.7. The number of aromatic nitrogens is 2. The van der Waals surface area contributed by atoms with Crippen LogP contribution in [0.15, 0.2) is 78.0 Å². The Kier molecular flexibility index (Phi) is 6.43. The number of benzene rings is 3. The number of rotatable bonds is 5. The van der Waals surface area contributed by atoms with Crippen LogP contribution in [0.5, 0.6) is 11.5 Å². The summed E-state index contributed by atoms with van der Waals surface area (Å²) in [5, 5.41) is 9.28. The Balaban J connectivity index is 1.48. The van der Waals surface area contributed by atoms with E-state index < -0.39 is 0 Å². The second kappa shape index (κ2) is 9.93. The van der Waals surface area contributed by atoms with E-state index >= 15 is 0 Å². The van der Waals surface area contributed by atoms with Gasteiger partial charge in [-0.3, -0.25) is 4.79 Å². The Morgan fingerprint density at radius 2 is 1.59 bits per heavy atom. The van der Waals surface area contributed by atoms with Crippen LogP contribution in [0.2, 0.25) is 5.02 Å². The maximum absolute atomic E-state index is 14.0. The van der Waals surface area contributed by atoms with Crippen LogP contribution >= 0.6 is 11.6 Å². The smallest absolute Gasteiger partial charge is 0.162 e. The van der Waals surface area contributed by atoms with Gasteiger partial charge in [0.05, 0.1) is 25.6 Å². The number of Topliss-reactive ketones (excluding diaryl/α,β-unsaturated/α-hetero) is 1. The lowest BCUT2D eigenvalue weighted by atomic mass is 9.72. The summed E-state index contributed by atoms with van der Waals surface area (Å²) in [5.41, 5.74) is 7.89. The molecular formula is C32H30ClN3O3. The number of carbonyl (C=O) groups is 1. The van der Waals surface area contributed by atoms with Gasteiger partial charge < -0.3 is 14.8 Å². The van der Waals surface area contributed by atoms with Gasteiger partial charge in [-0.15, -0.1) is 0 Å². The molecule has 0 amide bonds. The first-order chi connectivity index (χ1) is 18.9. The number of methoxy groups -OCH3 is 2. The number of hydrogen-bond acceptors (Lipinski definition) is 5. The molecule has 1 N–H and O–H groups in total. The molecule has 0 spiro atoms. The summed E-state index contributed by atoms with van der Waals surface area (Å²) in [6, 6.07) is 22.0. The minimum Gasteiger partial charge on any atom is -0.493 e. The standard InChI is InChI=1S/C32H30ClN3O3/c1-18-5-12-24(13-6-18)36-32-29(19(2)35-36)30(20-7-10-23(33)11-8-20)31-25(34-32)15-22(16-26(31)37)21-9-14-27(38-3)28(17-21)39-4/h5-14,17,22,30,34H,15-16H2,1-4H3. The zero-order chi connectivity index (χ0) is 27.3. The molecule has 6 nitrogen and oxygen atoms in total. The number of carbonyl (C=O) groups excluding carboxylic acids is 1. The van der Waals surface area contributed by atoms with E-state index in [1.807, 2.05) is 54.1 Å². The molecule has 2 aliphatic rings. The summed E-state index contributed by atoms with van der Waals surface area (Å²) in [7, 11) is 3.25. The predicted octanol–water partition coefficient (Wildman–Crippen LogP) is 7.12. The number of allylic oxidation sites excluding steroid dienone is 2. The average molecular weight is 540 g/mol. The molecule has 0 saturated heterocycles. The monoisotopic (exact) mass is 539 g/mol. The summed E-state index contributed by atoms with van der Waals surface area (Å²) >= 11 is 6.25. The molecule has 7 heteroatoms. The van der Waals surface area contributed by atoms with Crippen LogP contribution in [-0.2, 0) is 4.79 Å². The molecule has 0 fully saturated rings.